The fourth-order valence-corrected chi connectivity index (χ4v) is 3.09. The van der Waals surface area contributed by atoms with Gasteiger partial charge in [0.15, 0.2) is 0 Å². The third-order valence-electron chi connectivity index (χ3n) is 3.00. The average molecular weight is 310 g/mol. The van der Waals surface area contributed by atoms with E-state index in [-0.39, 0.29) is 29.2 Å². The molecule has 0 fully saturated rings. The molecule has 1 aromatic heterocycles. The van der Waals surface area contributed by atoms with Gasteiger partial charge in [-0.25, -0.2) is 0 Å². The van der Waals surface area contributed by atoms with Crippen LogP contribution in [0.3, 0.4) is 0 Å². The molecular formula is C15H16ClNO2S. The number of phenols is 1. The van der Waals surface area contributed by atoms with Gasteiger partial charge in [-0.15, -0.1) is 11.3 Å². The molecule has 106 valence electrons. The summed E-state index contributed by atoms with van der Waals surface area (Å²) in [6, 6.07) is 8.24. The Morgan fingerprint density at radius 3 is 2.70 bits per heavy atom. The van der Waals surface area contributed by atoms with Crippen LogP contribution < -0.4 is 5.32 Å². The van der Waals surface area contributed by atoms with Crippen molar-refractivity contribution in [2.24, 2.45) is 5.92 Å². The average Bonchev–Trinajstić information content (AvgIpc) is 2.91. The van der Waals surface area contributed by atoms with Crippen molar-refractivity contribution in [1.82, 2.24) is 5.32 Å². The molecule has 0 spiro atoms. The van der Waals surface area contributed by atoms with E-state index in [9.17, 15) is 9.90 Å². The number of phenolic OH excluding ortho intramolecular Hbond substituents is 1. The first-order valence-corrected chi connectivity index (χ1v) is 7.57. The number of nitrogens with one attached hydrogen (secondary N) is 1. The van der Waals surface area contributed by atoms with E-state index in [1.54, 1.807) is 11.3 Å². The van der Waals surface area contributed by atoms with Gasteiger partial charge < -0.3 is 10.4 Å². The van der Waals surface area contributed by atoms with Crippen molar-refractivity contribution in [2.45, 2.75) is 19.9 Å². The Labute approximate surface area is 127 Å². The smallest absolute Gasteiger partial charge is 0.253 e. The van der Waals surface area contributed by atoms with Crippen LogP contribution in [-0.2, 0) is 0 Å². The minimum absolute atomic E-state index is 0.0248. The number of benzene rings is 1. The van der Waals surface area contributed by atoms with E-state index in [4.69, 9.17) is 11.6 Å². The van der Waals surface area contributed by atoms with Crippen molar-refractivity contribution in [1.29, 1.82) is 0 Å². The van der Waals surface area contributed by atoms with Gasteiger partial charge in [-0.05, 0) is 35.6 Å². The lowest BCUT2D eigenvalue weighted by Crippen LogP contribution is -2.31. The molecule has 0 saturated heterocycles. The Hall–Kier alpha value is -1.52. The summed E-state index contributed by atoms with van der Waals surface area (Å²) in [6.07, 6.45) is 0. The van der Waals surface area contributed by atoms with Gasteiger partial charge in [0.25, 0.3) is 5.91 Å². The van der Waals surface area contributed by atoms with E-state index < -0.39 is 0 Å². The van der Waals surface area contributed by atoms with E-state index in [0.29, 0.717) is 5.02 Å². The quantitative estimate of drug-likeness (QED) is 0.887. The normalized spacial score (nSPS) is 12.4. The SMILES string of the molecule is CC(C)C(NC(=O)c1cc(O)ccc1Cl)c1cccs1. The molecule has 5 heteroatoms. The number of carbonyl (C=O) groups excluding carboxylic acids is 1. The van der Waals surface area contributed by atoms with Crippen molar-refractivity contribution in [3.63, 3.8) is 0 Å². The van der Waals surface area contributed by atoms with Gasteiger partial charge in [-0.2, -0.15) is 0 Å². The molecule has 3 nitrogen and oxygen atoms in total. The number of thiophene rings is 1. The van der Waals surface area contributed by atoms with Crippen LogP contribution in [0.2, 0.25) is 5.02 Å². The highest BCUT2D eigenvalue weighted by Gasteiger charge is 2.21. The monoisotopic (exact) mass is 309 g/mol. The Bertz CT molecular complexity index is 596. The highest BCUT2D eigenvalue weighted by molar-refractivity contribution is 7.10. The Morgan fingerprint density at radius 1 is 1.35 bits per heavy atom. The van der Waals surface area contributed by atoms with Crippen LogP contribution >= 0.6 is 22.9 Å². The second-order valence-corrected chi connectivity index (χ2v) is 6.26. The summed E-state index contributed by atoms with van der Waals surface area (Å²) in [6.45, 7) is 4.10. The van der Waals surface area contributed by atoms with Crippen LogP contribution in [0.5, 0.6) is 5.75 Å². The van der Waals surface area contributed by atoms with Crippen molar-refractivity contribution >= 4 is 28.8 Å². The first-order chi connectivity index (χ1) is 9.49. The molecule has 0 aliphatic carbocycles. The summed E-state index contributed by atoms with van der Waals surface area (Å²) in [5.74, 6) is 0.00320. The summed E-state index contributed by atoms with van der Waals surface area (Å²) in [5, 5.41) is 14.8. The first kappa shape index (κ1) is 14.9. The van der Waals surface area contributed by atoms with Crippen LogP contribution in [0.4, 0.5) is 0 Å². The lowest BCUT2D eigenvalue weighted by Gasteiger charge is -2.21. The second-order valence-electron chi connectivity index (χ2n) is 4.87. The van der Waals surface area contributed by atoms with E-state index in [1.807, 2.05) is 17.5 Å². The summed E-state index contributed by atoms with van der Waals surface area (Å²) < 4.78 is 0. The standard InChI is InChI=1S/C15H16ClNO2S/c1-9(2)14(13-4-3-7-20-13)17-15(19)11-8-10(18)5-6-12(11)16/h3-9,14,18H,1-2H3,(H,17,19). The lowest BCUT2D eigenvalue weighted by molar-refractivity contribution is 0.0926. The van der Waals surface area contributed by atoms with Gasteiger partial charge >= 0.3 is 0 Å². The molecule has 1 aromatic carbocycles. The van der Waals surface area contributed by atoms with Gasteiger partial charge in [-0.3, -0.25) is 4.79 Å². The number of hydrogen-bond acceptors (Lipinski definition) is 3. The van der Waals surface area contributed by atoms with Crippen LogP contribution in [0.15, 0.2) is 35.7 Å². The van der Waals surface area contributed by atoms with Gasteiger partial charge in [0.05, 0.1) is 16.6 Å². The molecule has 1 amide bonds. The number of halogens is 1. The molecule has 0 radical (unpaired) electrons. The third-order valence-corrected chi connectivity index (χ3v) is 4.28. The zero-order chi connectivity index (χ0) is 14.7. The van der Waals surface area contributed by atoms with E-state index in [2.05, 4.69) is 19.2 Å². The minimum Gasteiger partial charge on any atom is -0.508 e. The summed E-state index contributed by atoms with van der Waals surface area (Å²) >= 11 is 7.62. The van der Waals surface area contributed by atoms with Crippen molar-refractivity contribution in [3.05, 3.63) is 51.2 Å². The van der Waals surface area contributed by atoms with Crippen molar-refractivity contribution in [3.8, 4) is 5.75 Å². The summed E-state index contributed by atoms with van der Waals surface area (Å²) in [5.41, 5.74) is 0.286. The van der Waals surface area contributed by atoms with Crippen molar-refractivity contribution in [2.75, 3.05) is 0 Å². The molecule has 2 rings (SSSR count). The van der Waals surface area contributed by atoms with E-state index in [0.717, 1.165) is 4.88 Å². The van der Waals surface area contributed by atoms with Gasteiger partial charge in [-0.1, -0.05) is 31.5 Å². The topological polar surface area (TPSA) is 49.3 Å². The van der Waals surface area contributed by atoms with Gasteiger partial charge in [0.1, 0.15) is 5.75 Å². The minimum atomic E-state index is -0.280. The number of rotatable bonds is 4. The van der Waals surface area contributed by atoms with Crippen LogP contribution in [-0.4, -0.2) is 11.0 Å². The largest absolute Gasteiger partial charge is 0.508 e. The Morgan fingerprint density at radius 2 is 2.10 bits per heavy atom. The highest BCUT2D eigenvalue weighted by Crippen LogP contribution is 2.27. The maximum absolute atomic E-state index is 12.3. The predicted octanol–water partition coefficient (Wildman–Crippen LogP) is 4.23. The fourth-order valence-electron chi connectivity index (χ4n) is 1.94. The maximum atomic E-state index is 12.3. The van der Waals surface area contributed by atoms with E-state index in [1.165, 1.54) is 18.2 Å². The molecule has 0 aliphatic rings. The van der Waals surface area contributed by atoms with Crippen molar-refractivity contribution < 1.29 is 9.90 Å². The molecule has 1 heterocycles. The number of hydrogen-bond donors (Lipinski definition) is 2. The predicted molar refractivity (Wildman–Crippen MR) is 82.5 cm³/mol. The summed E-state index contributed by atoms with van der Waals surface area (Å²) in [7, 11) is 0. The molecule has 2 N–H and O–H groups in total. The molecule has 1 atom stereocenters. The lowest BCUT2D eigenvalue weighted by atomic mass is 10.0. The second kappa shape index (κ2) is 6.29. The van der Waals surface area contributed by atoms with Crippen LogP contribution in [0.25, 0.3) is 0 Å². The zero-order valence-corrected chi connectivity index (χ0v) is 12.8. The number of carbonyl (C=O) groups is 1. The molecule has 2 aromatic rings. The molecule has 0 aliphatic heterocycles. The Balaban J connectivity index is 2.23. The van der Waals surface area contributed by atoms with Gasteiger partial charge in [0.2, 0.25) is 0 Å². The van der Waals surface area contributed by atoms with E-state index >= 15 is 0 Å². The third kappa shape index (κ3) is 3.32. The number of aromatic hydroxyl groups is 1. The zero-order valence-electron chi connectivity index (χ0n) is 11.3. The maximum Gasteiger partial charge on any atom is 0.253 e. The first-order valence-electron chi connectivity index (χ1n) is 6.32. The molecule has 0 saturated carbocycles. The Kier molecular flexibility index (Phi) is 4.68. The number of amides is 1. The highest BCUT2D eigenvalue weighted by atomic mass is 35.5. The van der Waals surface area contributed by atoms with Crippen LogP contribution in [0, 0.1) is 5.92 Å². The molecule has 1 unspecified atom stereocenters. The fraction of sp³-hybridized carbons (Fsp3) is 0.267. The summed E-state index contributed by atoms with van der Waals surface area (Å²) in [4.78, 5) is 13.4. The van der Waals surface area contributed by atoms with Gasteiger partial charge in [0, 0.05) is 4.88 Å². The molecular weight excluding hydrogens is 294 g/mol. The molecule has 20 heavy (non-hydrogen) atoms. The van der Waals surface area contributed by atoms with Crippen LogP contribution in [0.1, 0.15) is 35.1 Å². The molecule has 0 bridgehead atoms.